The summed E-state index contributed by atoms with van der Waals surface area (Å²) in [4.78, 5) is 0. The van der Waals surface area contributed by atoms with Crippen LogP contribution in [-0.2, 0) is 11.3 Å². The van der Waals surface area contributed by atoms with Gasteiger partial charge in [0.1, 0.15) is 0 Å². The summed E-state index contributed by atoms with van der Waals surface area (Å²) in [7, 11) is 1.61. The lowest BCUT2D eigenvalue weighted by molar-refractivity contribution is 0.420. The Morgan fingerprint density at radius 3 is 2.07 bits per heavy atom. The second kappa shape index (κ2) is 9.62. The molecule has 0 saturated carbocycles. The highest BCUT2D eigenvalue weighted by atomic mass is 32.2. The molecule has 0 bridgehead atoms. The predicted molar refractivity (Wildman–Crippen MR) is 59.5 cm³/mol. The average Bonchev–Trinajstić information content (AvgIpc) is 2.16. The molecule has 0 radical (unpaired) electrons. The van der Waals surface area contributed by atoms with Crippen molar-refractivity contribution in [2.75, 3.05) is 13.6 Å². The van der Waals surface area contributed by atoms with Crippen molar-refractivity contribution in [1.82, 2.24) is 4.31 Å². The molecule has 1 atom stereocenters. The molecule has 0 rings (SSSR count). The highest BCUT2D eigenvalue weighted by Gasteiger charge is 1.96. The predicted octanol–water partition coefficient (Wildman–Crippen LogP) is 2.46. The van der Waals surface area contributed by atoms with E-state index in [9.17, 15) is 8.76 Å². The van der Waals surface area contributed by atoms with Gasteiger partial charge in [0.25, 0.3) is 0 Å². The summed E-state index contributed by atoms with van der Waals surface area (Å²) in [5, 5.41) is 0. The van der Waals surface area contributed by atoms with Gasteiger partial charge in [0.15, 0.2) is 0 Å². The minimum Gasteiger partial charge on any atom is -0.760 e. The van der Waals surface area contributed by atoms with Gasteiger partial charge in [-0.25, -0.2) is 4.31 Å². The molecule has 0 spiro atoms. The van der Waals surface area contributed by atoms with Crippen molar-refractivity contribution in [3.63, 3.8) is 0 Å². The van der Waals surface area contributed by atoms with Crippen molar-refractivity contribution in [3.8, 4) is 0 Å². The monoisotopic (exact) mass is 220 g/mol. The number of unbranched alkanes of at least 4 members (excludes halogenated alkanes) is 6. The number of hydrogen-bond acceptors (Lipinski definition) is 2. The van der Waals surface area contributed by atoms with Crippen LogP contribution in [-0.4, -0.2) is 26.7 Å². The summed E-state index contributed by atoms with van der Waals surface area (Å²) in [5.74, 6) is 0. The molecule has 0 amide bonds. The Kier molecular flexibility index (Phi) is 9.67. The topological polar surface area (TPSA) is 43.4 Å². The van der Waals surface area contributed by atoms with Gasteiger partial charge in [-0.1, -0.05) is 45.4 Å². The van der Waals surface area contributed by atoms with E-state index in [2.05, 4.69) is 6.92 Å². The van der Waals surface area contributed by atoms with Gasteiger partial charge in [0.2, 0.25) is 0 Å². The van der Waals surface area contributed by atoms with Crippen molar-refractivity contribution < 1.29 is 8.76 Å². The molecule has 0 heterocycles. The lowest BCUT2D eigenvalue weighted by Gasteiger charge is -2.18. The smallest absolute Gasteiger partial charge is 0.0206 e. The second-order valence-electron chi connectivity index (χ2n) is 3.69. The van der Waals surface area contributed by atoms with Crippen LogP contribution in [0, 0.1) is 0 Å². The summed E-state index contributed by atoms with van der Waals surface area (Å²) >= 11 is -2.04. The molecule has 1 unspecified atom stereocenters. The van der Waals surface area contributed by atoms with E-state index in [-0.39, 0.29) is 0 Å². The van der Waals surface area contributed by atoms with Gasteiger partial charge in [-0.3, -0.25) is 4.21 Å². The number of rotatable bonds is 9. The third-order valence-corrected chi connectivity index (χ3v) is 3.02. The Hall–Kier alpha value is 0.0700. The largest absolute Gasteiger partial charge is 0.760 e. The maximum absolute atomic E-state index is 10.4. The van der Waals surface area contributed by atoms with E-state index in [4.69, 9.17) is 0 Å². The fraction of sp³-hybridized carbons (Fsp3) is 1.00. The van der Waals surface area contributed by atoms with Crippen LogP contribution in [0.1, 0.15) is 51.9 Å². The highest BCUT2D eigenvalue weighted by molar-refractivity contribution is 7.76. The maximum Gasteiger partial charge on any atom is 0.0206 e. The zero-order valence-electron chi connectivity index (χ0n) is 9.33. The third kappa shape index (κ3) is 8.66. The highest BCUT2D eigenvalue weighted by Crippen LogP contribution is 2.07. The maximum atomic E-state index is 10.4. The molecule has 0 aromatic carbocycles. The van der Waals surface area contributed by atoms with Crippen molar-refractivity contribution in [3.05, 3.63) is 0 Å². The zero-order chi connectivity index (χ0) is 10.8. The number of hydrogen-bond donors (Lipinski definition) is 0. The summed E-state index contributed by atoms with van der Waals surface area (Å²) in [6.07, 6.45) is 8.57. The minimum absolute atomic E-state index is 0.657. The average molecular weight is 220 g/mol. The SMILES string of the molecule is CCCCCCCCCN(C)S(=O)[O-]. The molecule has 4 heteroatoms. The van der Waals surface area contributed by atoms with E-state index in [1.54, 1.807) is 7.05 Å². The van der Waals surface area contributed by atoms with Crippen LogP contribution in [0.25, 0.3) is 0 Å². The standard InChI is InChI=1S/C10H23NO2S/c1-3-4-5-6-7-8-9-10-11(2)14(12)13/h3-10H2,1-2H3,(H,12,13)/p-1. The molecular formula is C10H22NO2S-. The van der Waals surface area contributed by atoms with E-state index in [1.807, 2.05) is 0 Å². The van der Waals surface area contributed by atoms with E-state index in [1.165, 1.54) is 36.4 Å². The first-order valence-electron chi connectivity index (χ1n) is 5.49. The Morgan fingerprint density at radius 1 is 1.07 bits per heavy atom. The molecule has 3 nitrogen and oxygen atoms in total. The molecule has 0 aliphatic rings. The molecule has 0 aromatic rings. The minimum atomic E-state index is -2.04. The van der Waals surface area contributed by atoms with Crippen molar-refractivity contribution >= 4 is 11.3 Å². The molecule has 0 N–H and O–H groups in total. The normalized spacial score (nSPS) is 13.4. The van der Waals surface area contributed by atoms with E-state index in [0.29, 0.717) is 6.54 Å². The molecular weight excluding hydrogens is 198 g/mol. The van der Waals surface area contributed by atoms with Crippen LogP contribution in [0.4, 0.5) is 0 Å². The van der Waals surface area contributed by atoms with Gasteiger partial charge in [-0.2, -0.15) is 0 Å². The molecule has 0 fully saturated rings. The first-order valence-corrected chi connectivity index (χ1v) is 6.52. The Balaban J connectivity index is 3.09. The van der Waals surface area contributed by atoms with E-state index < -0.39 is 11.3 Å². The first kappa shape index (κ1) is 14.1. The number of nitrogens with zero attached hydrogens (tertiary/aromatic N) is 1. The summed E-state index contributed by atoms with van der Waals surface area (Å²) < 4.78 is 22.2. The molecule has 14 heavy (non-hydrogen) atoms. The molecule has 0 aliphatic carbocycles. The Labute approximate surface area is 90.3 Å². The van der Waals surface area contributed by atoms with Gasteiger partial charge < -0.3 is 4.55 Å². The van der Waals surface area contributed by atoms with Gasteiger partial charge >= 0.3 is 0 Å². The van der Waals surface area contributed by atoms with E-state index >= 15 is 0 Å². The van der Waals surface area contributed by atoms with Gasteiger partial charge in [-0.15, -0.1) is 0 Å². The van der Waals surface area contributed by atoms with Gasteiger partial charge in [0, 0.05) is 17.8 Å². The zero-order valence-corrected chi connectivity index (χ0v) is 10.1. The van der Waals surface area contributed by atoms with Gasteiger partial charge in [0.05, 0.1) is 0 Å². The first-order chi connectivity index (χ1) is 6.68. The molecule has 86 valence electrons. The molecule has 0 aromatic heterocycles. The Morgan fingerprint density at radius 2 is 1.57 bits per heavy atom. The van der Waals surface area contributed by atoms with Crippen LogP contribution in [0.5, 0.6) is 0 Å². The van der Waals surface area contributed by atoms with Crippen LogP contribution in [0.2, 0.25) is 0 Å². The van der Waals surface area contributed by atoms with E-state index in [0.717, 1.165) is 12.8 Å². The van der Waals surface area contributed by atoms with Crippen molar-refractivity contribution in [2.45, 2.75) is 51.9 Å². The summed E-state index contributed by atoms with van der Waals surface area (Å²) in [6, 6.07) is 0. The molecule has 0 saturated heterocycles. The van der Waals surface area contributed by atoms with Crippen LogP contribution >= 0.6 is 0 Å². The van der Waals surface area contributed by atoms with Crippen LogP contribution < -0.4 is 0 Å². The lowest BCUT2D eigenvalue weighted by atomic mass is 10.1. The lowest BCUT2D eigenvalue weighted by Crippen LogP contribution is -2.21. The second-order valence-corrected chi connectivity index (χ2v) is 4.75. The quantitative estimate of drug-likeness (QED) is 0.442. The van der Waals surface area contributed by atoms with Crippen molar-refractivity contribution in [1.29, 1.82) is 0 Å². The summed E-state index contributed by atoms with van der Waals surface area (Å²) in [5.41, 5.74) is 0. The third-order valence-electron chi connectivity index (χ3n) is 2.33. The van der Waals surface area contributed by atoms with Crippen LogP contribution in [0.3, 0.4) is 0 Å². The van der Waals surface area contributed by atoms with Crippen molar-refractivity contribution in [2.24, 2.45) is 0 Å². The fourth-order valence-electron chi connectivity index (χ4n) is 1.37. The van der Waals surface area contributed by atoms with Gasteiger partial charge in [-0.05, 0) is 13.5 Å². The summed E-state index contributed by atoms with van der Waals surface area (Å²) in [6.45, 7) is 2.86. The Bertz CT molecular complexity index is 153. The fourth-order valence-corrected chi connectivity index (χ4v) is 1.64. The van der Waals surface area contributed by atoms with Crippen LogP contribution in [0.15, 0.2) is 0 Å². The molecule has 0 aliphatic heterocycles.